The highest BCUT2D eigenvalue weighted by atomic mass is 79.9. The minimum Gasteiger partial charge on any atom is -0.495 e. The van der Waals surface area contributed by atoms with Gasteiger partial charge < -0.3 is 10.1 Å². The number of amides is 1. The highest BCUT2D eigenvalue weighted by Gasteiger charge is 2.22. The van der Waals surface area contributed by atoms with E-state index in [-0.39, 0.29) is 16.2 Å². The fourth-order valence-corrected chi connectivity index (χ4v) is 4.34. The Morgan fingerprint density at radius 1 is 0.967 bits per heavy atom. The number of hydrogen-bond acceptors (Lipinski definition) is 4. The van der Waals surface area contributed by atoms with Crippen LogP contribution in [0.5, 0.6) is 5.75 Å². The summed E-state index contributed by atoms with van der Waals surface area (Å²) in [6.45, 7) is 3.82. The largest absolute Gasteiger partial charge is 0.495 e. The van der Waals surface area contributed by atoms with Crippen molar-refractivity contribution in [2.75, 3.05) is 17.1 Å². The number of hydrogen-bond donors (Lipinski definition) is 2. The molecule has 8 heteroatoms. The lowest BCUT2D eigenvalue weighted by Crippen LogP contribution is -2.17. The van der Waals surface area contributed by atoms with E-state index in [1.165, 1.54) is 25.3 Å². The Kier molecular flexibility index (Phi) is 6.48. The van der Waals surface area contributed by atoms with Gasteiger partial charge in [0, 0.05) is 21.4 Å². The summed E-state index contributed by atoms with van der Waals surface area (Å²) in [5.74, 6) is -0.269. The molecule has 3 aromatic carbocycles. The number of methoxy groups -OCH3 is 1. The van der Waals surface area contributed by atoms with Crippen LogP contribution in [0.2, 0.25) is 0 Å². The zero-order valence-corrected chi connectivity index (χ0v) is 19.1. The van der Waals surface area contributed by atoms with E-state index < -0.39 is 15.9 Å². The Labute approximate surface area is 184 Å². The summed E-state index contributed by atoms with van der Waals surface area (Å²) < 4.78 is 34.5. The first-order valence-electron chi connectivity index (χ1n) is 9.04. The minimum atomic E-state index is -3.98. The summed E-state index contributed by atoms with van der Waals surface area (Å²) >= 11 is 3.31. The van der Waals surface area contributed by atoms with Gasteiger partial charge in [0.2, 0.25) is 0 Å². The average molecular weight is 489 g/mol. The third-order valence-corrected chi connectivity index (χ3v) is 6.38. The summed E-state index contributed by atoms with van der Waals surface area (Å²) in [5.41, 5.74) is 3.19. The molecule has 3 aromatic rings. The Morgan fingerprint density at radius 2 is 1.67 bits per heavy atom. The van der Waals surface area contributed by atoms with Crippen LogP contribution >= 0.6 is 15.9 Å². The molecule has 3 rings (SSSR count). The molecule has 0 saturated carbocycles. The molecule has 0 aliphatic rings. The molecular weight excluding hydrogens is 468 g/mol. The molecular formula is C22H21BrN2O4S. The second-order valence-corrected chi connectivity index (χ2v) is 9.32. The number of carbonyl (C=O) groups excluding carboxylic acids is 1. The predicted octanol–water partition coefficient (Wildman–Crippen LogP) is 5.13. The highest BCUT2D eigenvalue weighted by Crippen LogP contribution is 2.28. The number of anilines is 2. The molecule has 6 nitrogen and oxygen atoms in total. The lowest BCUT2D eigenvalue weighted by molar-refractivity contribution is 0.102. The second kappa shape index (κ2) is 8.89. The molecule has 2 N–H and O–H groups in total. The zero-order chi connectivity index (χ0) is 21.9. The van der Waals surface area contributed by atoms with Crippen molar-refractivity contribution >= 4 is 43.2 Å². The van der Waals surface area contributed by atoms with Gasteiger partial charge in [-0.2, -0.15) is 0 Å². The zero-order valence-electron chi connectivity index (χ0n) is 16.7. The molecule has 0 aliphatic heterocycles. The van der Waals surface area contributed by atoms with E-state index in [1.54, 1.807) is 24.3 Å². The smallest absolute Gasteiger partial charge is 0.265 e. The first kappa shape index (κ1) is 21.9. The van der Waals surface area contributed by atoms with E-state index in [2.05, 4.69) is 26.0 Å². The van der Waals surface area contributed by atoms with E-state index in [1.807, 2.05) is 32.0 Å². The van der Waals surface area contributed by atoms with Crippen molar-refractivity contribution in [1.29, 1.82) is 0 Å². The summed E-state index contributed by atoms with van der Waals surface area (Å²) in [4.78, 5) is 12.7. The van der Waals surface area contributed by atoms with E-state index in [0.717, 1.165) is 15.6 Å². The van der Waals surface area contributed by atoms with Crippen molar-refractivity contribution in [3.8, 4) is 5.75 Å². The van der Waals surface area contributed by atoms with E-state index in [9.17, 15) is 13.2 Å². The van der Waals surface area contributed by atoms with Crippen molar-refractivity contribution in [1.82, 2.24) is 0 Å². The van der Waals surface area contributed by atoms with Crippen molar-refractivity contribution in [2.45, 2.75) is 18.7 Å². The summed E-state index contributed by atoms with van der Waals surface area (Å²) in [7, 11) is -2.60. The Balaban J connectivity index is 1.93. The van der Waals surface area contributed by atoms with Gasteiger partial charge in [-0.25, -0.2) is 8.42 Å². The number of sulfonamides is 1. The Morgan fingerprint density at radius 3 is 2.33 bits per heavy atom. The molecule has 0 spiro atoms. The number of halogens is 1. The van der Waals surface area contributed by atoms with Gasteiger partial charge >= 0.3 is 0 Å². The molecule has 30 heavy (non-hydrogen) atoms. The van der Waals surface area contributed by atoms with Gasteiger partial charge in [-0.1, -0.05) is 28.1 Å². The number of ether oxygens (including phenoxy) is 1. The van der Waals surface area contributed by atoms with E-state index >= 15 is 0 Å². The van der Waals surface area contributed by atoms with Gasteiger partial charge in [0.1, 0.15) is 10.6 Å². The number of carbonyl (C=O) groups is 1. The monoisotopic (exact) mass is 488 g/mol. The lowest BCUT2D eigenvalue weighted by atomic mass is 10.1. The van der Waals surface area contributed by atoms with Crippen molar-refractivity contribution in [3.05, 3.63) is 81.8 Å². The molecule has 0 heterocycles. The standard InChI is InChI=1S/C22H21BrN2O4S/c1-14-4-5-15(2)19(12-14)24-22(26)16-6-11-20(29-3)21(13-16)30(27,28)25-18-9-7-17(23)8-10-18/h4-13,25H,1-3H3,(H,24,26). The maximum absolute atomic E-state index is 13.0. The summed E-state index contributed by atoms with van der Waals surface area (Å²) in [5, 5.41) is 2.84. The Bertz CT molecular complexity index is 1190. The molecule has 0 unspecified atom stereocenters. The number of rotatable bonds is 6. The van der Waals surface area contributed by atoms with Crippen molar-refractivity contribution < 1.29 is 17.9 Å². The van der Waals surface area contributed by atoms with Gasteiger partial charge in [0.05, 0.1) is 7.11 Å². The van der Waals surface area contributed by atoms with Gasteiger partial charge in [-0.15, -0.1) is 0 Å². The molecule has 0 aliphatic carbocycles. The molecule has 1 amide bonds. The molecule has 0 bridgehead atoms. The minimum absolute atomic E-state index is 0.124. The molecule has 0 fully saturated rings. The fourth-order valence-electron chi connectivity index (χ4n) is 2.82. The van der Waals surface area contributed by atoms with Gasteiger partial charge in [0.25, 0.3) is 15.9 Å². The Hall–Kier alpha value is -2.84. The van der Waals surface area contributed by atoms with Crippen LogP contribution in [0.4, 0.5) is 11.4 Å². The van der Waals surface area contributed by atoms with Crippen LogP contribution in [-0.4, -0.2) is 21.4 Å². The van der Waals surface area contributed by atoms with Gasteiger partial charge in [-0.05, 0) is 73.5 Å². The molecule has 0 saturated heterocycles. The van der Waals surface area contributed by atoms with Crippen LogP contribution in [0.25, 0.3) is 0 Å². The molecule has 0 atom stereocenters. The van der Waals surface area contributed by atoms with Crippen LogP contribution in [0.3, 0.4) is 0 Å². The van der Waals surface area contributed by atoms with Gasteiger partial charge in [0.15, 0.2) is 0 Å². The number of aryl methyl sites for hydroxylation is 2. The van der Waals surface area contributed by atoms with Crippen LogP contribution in [0, 0.1) is 13.8 Å². The maximum Gasteiger partial charge on any atom is 0.265 e. The van der Waals surface area contributed by atoms with Crippen molar-refractivity contribution in [3.63, 3.8) is 0 Å². The number of nitrogens with one attached hydrogen (secondary N) is 2. The SMILES string of the molecule is COc1ccc(C(=O)Nc2cc(C)ccc2C)cc1S(=O)(=O)Nc1ccc(Br)cc1. The fraction of sp³-hybridized carbons (Fsp3) is 0.136. The summed E-state index contributed by atoms with van der Waals surface area (Å²) in [6.07, 6.45) is 0. The van der Waals surface area contributed by atoms with E-state index in [4.69, 9.17) is 4.74 Å². The quantitative estimate of drug-likeness (QED) is 0.503. The normalized spacial score (nSPS) is 11.1. The number of benzene rings is 3. The van der Waals surface area contributed by atoms with Crippen LogP contribution < -0.4 is 14.8 Å². The molecule has 156 valence electrons. The maximum atomic E-state index is 13.0. The highest BCUT2D eigenvalue weighted by molar-refractivity contribution is 9.10. The van der Waals surface area contributed by atoms with E-state index in [0.29, 0.717) is 11.4 Å². The molecule has 0 aromatic heterocycles. The molecule has 0 radical (unpaired) electrons. The predicted molar refractivity (Wildman–Crippen MR) is 122 cm³/mol. The van der Waals surface area contributed by atoms with Gasteiger partial charge in [-0.3, -0.25) is 9.52 Å². The van der Waals surface area contributed by atoms with Crippen LogP contribution in [0.1, 0.15) is 21.5 Å². The first-order chi connectivity index (χ1) is 14.2. The van der Waals surface area contributed by atoms with Crippen LogP contribution in [-0.2, 0) is 10.0 Å². The average Bonchev–Trinajstić information content (AvgIpc) is 2.71. The van der Waals surface area contributed by atoms with Crippen LogP contribution in [0.15, 0.2) is 70.0 Å². The third-order valence-electron chi connectivity index (χ3n) is 4.45. The lowest BCUT2D eigenvalue weighted by Gasteiger charge is -2.14. The van der Waals surface area contributed by atoms with Crippen molar-refractivity contribution in [2.24, 2.45) is 0 Å². The second-order valence-electron chi connectivity index (χ2n) is 6.75. The third kappa shape index (κ3) is 5.01. The topological polar surface area (TPSA) is 84.5 Å². The first-order valence-corrected chi connectivity index (χ1v) is 11.3. The summed E-state index contributed by atoms with van der Waals surface area (Å²) in [6, 6.07) is 16.7.